The fourth-order valence-electron chi connectivity index (χ4n) is 1.48. The van der Waals surface area contributed by atoms with E-state index < -0.39 is 5.54 Å². The maximum Gasteiger partial charge on any atom is 0.322 e. The summed E-state index contributed by atoms with van der Waals surface area (Å²) in [4.78, 5) is 22.2. The van der Waals surface area contributed by atoms with Gasteiger partial charge in [-0.15, -0.1) is 0 Å². The van der Waals surface area contributed by atoms with E-state index in [1.54, 1.807) is 6.92 Å². The highest BCUT2D eigenvalue weighted by Gasteiger charge is 2.40. The zero-order valence-electron chi connectivity index (χ0n) is 8.14. The summed E-state index contributed by atoms with van der Waals surface area (Å²) in [6, 6.07) is -0.371. The third-order valence-corrected chi connectivity index (χ3v) is 2.40. The molecule has 1 saturated heterocycles. The summed E-state index contributed by atoms with van der Waals surface area (Å²) in [5, 5.41) is 4.88. The Morgan fingerprint density at radius 2 is 2.00 bits per heavy atom. The van der Waals surface area contributed by atoms with Crippen LogP contribution in [0.3, 0.4) is 0 Å². The predicted octanol–water partition coefficient (Wildman–Crippen LogP) is 1.16. The fourth-order valence-corrected chi connectivity index (χ4v) is 1.48. The van der Waals surface area contributed by atoms with Gasteiger partial charge in [0.2, 0.25) is 0 Å². The molecule has 1 rings (SSSR count). The van der Waals surface area contributed by atoms with Crippen molar-refractivity contribution in [2.75, 3.05) is 0 Å². The van der Waals surface area contributed by atoms with Crippen molar-refractivity contribution in [2.45, 2.75) is 45.1 Å². The highest BCUT2D eigenvalue weighted by molar-refractivity contribution is 6.06. The molecule has 2 N–H and O–H groups in total. The molecule has 0 unspecified atom stereocenters. The largest absolute Gasteiger partial charge is 0.324 e. The van der Waals surface area contributed by atoms with Crippen molar-refractivity contribution in [3.63, 3.8) is 0 Å². The number of imide groups is 1. The minimum Gasteiger partial charge on any atom is -0.324 e. The van der Waals surface area contributed by atoms with E-state index in [4.69, 9.17) is 0 Å². The summed E-state index contributed by atoms with van der Waals surface area (Å²) >= 11 is 0. The lowest BCUT2D eigenvalue weighted by Crippen LogP contribution is -2.43. The quantitative estimate of drug-likeness (QED) is 0.509. The van der Waals surface area contributed by atoms with Crippen LogP contribution in [0, 0.1) is 0 Å². The van der Waals surface area contributed by atoms with Gasteiger partial charge in [0, 0.05) is 0 Å². The molecule has 0 aliphatic carbocycles. The van der Waals surface area contributed by atoms with Crippen molar-refractivity contribution in [3.05, 3.63) is 0 Å². The lowest BCUT2D eigenvalue weighted by molar-refractivity contribution is -0.123. The summed E-state index contributed by atoms with van der Waals surface area (Å²) in [5.41, 5.74) is -0.674. The van der Waals surface area contributed by atoms with Crippen LogP contribution in [-0.4, -0.2) is 17.5 Å². The molecule has 0 radical (unpaired) electrons. The number of rotatable bonds is 4. The van der Waals surface area contributed by atoms with Gasteiger partial charge in [-0.2, -0.15) is 0 Å². The van der Waals surface area contributed by atoms with Crippen molar-refractivity contribution < 1.29 is 9.59 Å². The molecule has 1 aliphatic rings. The van der Waals surface area contributed by atoms with Crippen LogP contribution >= 0.6 is 0 Å². The minimum absolute atomic E-state index is 0.200. The van der Waals surface area contributed by atoms with Crippen molar-refractivity contribution in [2.24, 2.45) is 0 Å². The molecule has 0 aromatic rings. The van der Waals surface area contributed by atoms with Crippen LogP contribution in [0.15, 0.2) is 0 Å². The van der Waals surface area contributed by atoms with Gasteiger partial charge in [0.1, 0.15) is 5.54 Å². The van der Waals surface area contributed by atoms with Crippen LogP contribution < -0.4 is 10.6 Å². The lowest BCUT2D eigenvalue weighted by Gasteiger charge is -2.19. The minimum atomic E-state index is -0.674. The van der Waals surface area contributed by atoms with Crippen molar-refractivity contribution in [3.8, 4) is 0 Å². The van der Waals surface area contributed by atoms with Crippen LogP contribution in [0.2, 0.25) is 0 Å². The number of nitrogens with one attached hydrogen (secondary N) is 2. The van der Waals surface area contributed by atoms with Crippen molar-refractivity contribution in [1.29, 1.82) is 0 Å². The van der Waals surface area contributed by atoms with Gasteiger partial charge in [-0.1, -0.05) is 26.2 Å². The van der Waals surface area contributed by atoms with Gasteiger partial charge >= 0.3 is 6.03 Å². The molecule has 0 aromatic heterocycles. The standard InChI is InChI=1S/C9H16N2O2/c1-3-4-5-6-9(2)7(12)10-8(13)11-9/h3-6H2,1-2H3,(H2,10,11,12,13)/t9-/m0/s1. The molecule has 0 aromatic carbocycles. The SMILES string of the molecule is CCCCC[C@]1(C)NC(=O)NC1=O. The smallest absolute Gasteiger partial charge is 0.322 e. The molecule has 0 saturated carbocycles. The molecule has 1 atom stereocenters. The predicted molar refractivity (Wildman–Crippen MR) is 49.2 cm³/mol. The summed E-state index contributed by atoms with van der Waals surface area (Å²) in [5.74, 6) is -0.200. The highest BCUT2D eigenvalue weighted by Crippen LogP contribution is 2.18. The summed E-state index contributed by atoms with van der Waals surface area (Å²) < 4.78 is 0. The van der Waals surface area contributed by atoms with E-state index in [1.165, 1.54) is 0 Å². The second-order valence-electron chi connectivity index (χ2n) is 3.70. The first-order valence-corrected chi connectivity index (χ1v) is 4.72. The molecule has 1 aliphatic heterocycles. The Morgan fingerprint density at radius 1 is 1.31 bits per heavy atom. The zero-order valence-corrected chi connectivity index (χ0v) is 8.14. The Balaban J connectivity index is 2.46. The van der Waals surface area contributed by atoms with E-state index in [0.29, 0.717) is 0 Å². The molecule has 4 nitrogen and oxygen atoms in total. The van der Waals surface area contributed by atoms with Crippen LogP contribution in [-0.2, 0) is 4.79 Å². The zero-order chi connectivity index (χ0) is 9.90. The Bertz CT molecular complexity index is 228. The molecule has 1 fully saturated rings. The molecule has 3 amide bonds. The topological polar surface area (TPSA) is 58.2 Å². The Kier molecular flexibility index (Phi) is 2.90. The van der Waals surface area contributed by atoms with Crippen molar-refractivity contribution in [1.82, 2.24) is 10.6 Å². The van der Waals surface area contributed by atoms with Gasteiger partial charge in [-0.3, -0.25) is 10.1 Å². The van der Waals surface area contributed by atoms with Gasteiger partial charge < -0.3 is 5.32 Å². The average Bonchev–Trinajstić information content (AvgIpc) is 2.27. The molecule has 0 bridgehead atoms. The second-order valence-corrected chi connectivity index (χ2v) is 3.70. The molecule has 4 heteroatoms. The highest BCUT2D eigenvalue weighted by atomic mass is 16.2. The number of carbonyl (C=O) groups excluding carboxylic acids is 2. The van der Waals surface area contributed by atoms with Crippen LogP contribution in [0.5, 0.6) is 0 Å². The summed E-state index contributed by atoms with van der Waals surface area (Å²) in [6.07, 6.45) is 3.91. The molecule has 0 spiro atoms. The average molecular weight is 184 g/mol. The van der Waals surface area contributed by atoms with Crippen LogP contribution in [0.25, 0.3) is 0 Å². The number of hydrogen-bond acceptors (Lipinski definition) is 2. The number of urea groups is 1. The van der Waals surface area contributed by atoms with Gasteiger partial charge in [0.05, 0.1) is 0 Å². The first-order chi connectivity index (χ1) is 6.08. The second kappa shape index (κ2) is 3.77. The van der Waals surface area contributed by atoms with Gasteiger partial charge in [-0.05, 0) is 13.3 Å². The van der Waals surface area contributed by atoms with E-state index in [0.717, 1.165) is 25.7 Å². The Morgan fingerprint density at radius 3 is 2.46 bits per heavy atom. The maximum atomic E-state index is 11.3. The molecule has 74 valence electrons. The Labute approximate surface area is 78.1 Å². The third-order valence-electron chi connectivity index (χ3n) is 2.40. The van der Waals surface area contributed by atoms with Gasteiger partial charge in [0.25, 0.3) is 5.91 Å². The Hall–Kier alpha value is -1.06. The van der Waals surface area contributed by atoms with E-state index in [2.05, 4.69) is 17.6 Å². The van der Waals surface area contributed by atoms with E-state index in [1.807, 2.05) is 0 Å². The molecular weight excluding hydrogens is 168 g/mol. The third kappa shape index (κ3) is 2.20. The van der Waals surface area contributed by atoms with E-state index >= 15 is 0 Å². The number of unbranched alkanes of at least 4 members (excludes halogenated alkanes) is 2. The monoisotopic (exact) mass is 184 g/mol. The summed E-state index contributed by atoms with van der Waals surface area (Å²) in [7, 11) is 0. The first kappa shape index (κ1) is 10.0. The number of carbonyl (C=O) groups is 2. The molecule has 1 heterocycles. The molecule has 13 heavy (non-hydrogen) atoms. The van der Waals surface area contributed by atoms with Gasteiger partial charge in [0.15, 0.2) is 0 Å². The normalized spacial score (nSPS) is 27.2. The fraction of sp³-hybridized carbons (Fsp3) is 0.778. The molecular formula is C9H16N2O2. The van der Waals surface area contributed by atoms with E-state index in [9.17, 15) is 9.59 Å². The van der Waals surface area contributed by atoms with E-state index in [-0.39, 0.29) is 11.9 Å². The first-order valence-electron chi connectivity index (χ1n) is 4.72. The lowest BCUT2D eigenvalue weighted by atomic mass is 9.95. The van der Waals surface area contributed by atoms with Crippen LogP contribution in [0.4, 0.5) is 4.79 Å². The number of amides is 3. The summed E-state index contributed by atoms with van der Waals surface area (Å²) in [6.45, 7) is 3.87. The maximum absolute atomic E-state index is 11.3. The number of hydrogen-bond donors (Lipinski definition) is 2. The van der Waals surface area contributed by atoms with Crippen LogP contribution in [0.1, 0.15) is 39.5 Å². The van der Waals surface area contributed by atoms with Gasteiger partial charge in [-0.25, -0.2) is 4.79 Å². The van der Waals surface area contributed by atoms with Crippen molar-refractivity contribution >= 4 is 11.9 Å².